The Kier molecular flexibility index (Phi) is 8.32. The standard InChI is InChI=1S/C29H30F5N5O/c30-25-7-6-20(13-26(25)31)17-36-23-15-27(39(19-23)18-21-3-2-8-35-16-21)28(40)38-11-9-37(10-12-38)24-5-1-4-22(14-24)29(32,33)34/h1-8,13-14,16,23,27,36H,9-12,15,17-19H2/t23-,27+/m1/s1. The molecule has 2 atom stereocenters. The van der Waals surface area contributed by atoms with E-state index in [1.165, 1.54) is 12.1 Å². The molecule has 1 N–H and O–H groups in total. The van der Waals surface area contributed by atoms with Crippen LogP contribution in [0.4, 0.5) is 27.6 Å². The minimum Gasteiger partial charge on any atom is -0.368 e. The van der Waals surface area contributed by atoms with Crippen LogP contribution in [0.1, 0.15) is 23.1 Å². The summed E-state index contributed by atoms with van der Waals surface area (Å²) in [7, 11) is 0. The van der Waals surface area contributed by atoms with Gasteiger partial charge in [-0.05, 0) is 53.9 Å². The van der Waals surface area contributed by atoms with Crippen LogP contribution in [0.5, 0.6) is 0 Å². The first-order valence-electron chi connectivity index (χ1n) is 13.2. The van der Waals surface area contributed by atoms with E-state index in [0.29, 0.717) is 63.5 Å². The maximum atomic E-state index is 13.7. The lowest BCUT2D eigenvalue weighted by Gasteiger charge is -2.38. The van der Waals surface area contributed by atoms with Crippen molar-refractivity contribution < 1.29 is 26.7 Å². The number of piperazine rings is 1. The van der Waals surface area contributed by atoms with E-state index in [1.807, 2.05) is 17.0 Å². The number of pyridine rings is 1. The van der Waals surface area contributed by atoms with E-state index in [-0.39, 0.29) is 11.9 Å². The van der Waals surface area contributed by atoms with Crippen LogP contribution in [-0.4, -0.2) is 65.5 Å². The number of amides is 1. The fourth-order valence-electron chi connectivity index (χ4n) is 5.40. The van der Waals surface area contributed by atoms with Crippen LogP contribution in [0, 0.1) is 11.6 Å². The summed E-state index contributed by atoms with van der Waals surface area (Å²) in [5.41, 5.74) is 1.37. The van der Waals surface area contributed by atoms with Gasteiger partial charge in [-0.1, -0.05) is 18.2 Å². The minimum atomic E-state index is -4.41. The molecule has 3 aromatic rings. The number of anilines is 1. The first kappa shape index (κ1) is 28.0. The summed E-state index contributed by atoms with van der Waals surface area (Å²) in [5.74, 6) is -1.82. The number of hydrogen-bond donors (Lipinski definition) is 1. The van der Waals surface area contributed by atoms with Crippen molar-refractivity contribution in [1.82, 2.24) is 20.1 Å². The van der Waals surface area contributed by atoms with Crippen molar-refractivity contribution in [3.63, 3.8) is 0 Å². The van der Waals surface area contributed by atoms with Crippen LogP contribution < -0.4 is 10.2 Å². The number of hydrogen-bond acceptors (Lipinski definition) is 5. The van der Waals surface area contributed by atoms with Gasteiger partial charge in [0.05, 0.1) is 11.6 Å². The zero-order chi connectivity index (χ0) is 28.3. The first-order valence-corrected chi connectivity index (χ1v) is 13.2. The molecule has 1 aromatic heterocycles. The molecular formula is C29H30F5N5O. The molecule has 0 radical (unpaired) electrons. The molecule has 1 amide bonds. The van der Waals surface area contributed by atoms with Gasteiger partial charge in [0.15, 0.2) is 11.6 Å². The number of carbonyl (C=O) groups excluding carboxylic acids is 1. The second-order valence-corrected chi connectivity index (χ2v) is 10.2. The zero-order valence-corrected chi connectivity index (χ0v) is 21.7. The summed E-state index contributed by atoms with van der Waals surface area (Å²) in [6.07, 6.45) is -0.427. The highest BCUT2D eigenvalue weighted by molar-refractivity contribution is 5.82. The highest BCUT2D eigenvalue weighted by Crippen LogP contribution is 2.32. The molecule has 11 heteroatoms. The molecule has 0 aliphatic carbocycles. The number of likely N-dealkylation sites (tertiary alicyclic amines) is 1. The first-order chi connectivity index (χ1) is 19.2. The molecule has 2 fully saturated rings. The van der Waals surface area contributed by atoms with E-state index in [1.54, 1.807) is 23.4 Å². The molecule has 212 valence electrons. The number of halogens is 5. The third-order valence-corrected chi connectivity index (χ3v) is 7.51. The van der Waals surface area contributed by atoms with Crippen molar-refractivity contribution in [2.75, 3.05) is 37.6 Å². The molecule has 2 aromatic carbocycles. The Morgan fingerprint density at radius 3 is 2.45 bits per heavy atom. The van der Waals surface area contributed by atoms with Gasteiger partial charge in [-0.15, -0.1) is 0 Å². The second-order valence-electron chi connectivity index (χ2n) is 10.2. The van der Waals surface area contributed by atoms with Gasteiger partial charge in [0.2, 0.25) is 5.91 Å². The summed E-state index contributed by atoms with van der Waals surface area (Å²) in [6.45, 7) is 3.11. The fourth-order valence-corrected chi connectivity index (χ4v) is 5.40. The number of nitrogens with one attached hydrogen (secondary N) is 1. The molecule has 2 aliphatic heterocycles. The average molecular weight is 560 g/mol. The summed E-state index contributed by atoms with van der Waals surface area (Å²) in [6, 6.07) is 12.4. The molecule has 0 unspecified atom stereocenters. The van der Waals surface area contributed by atoms with Crippen LogP contribution in [0.3, 0.4) is 0 Å². The molecule has 0 saturated carbocycles. The van der Waals surface area contributed by atoms with Gasteiger partial charge >= 0.3 is 6.18 Å². The summed E-state index contributed by atoms with van der Waals surface area (Å²) < 4.78 is 66.5. The van der Waals surface area contributed by atoms with E-state index < -0.39 is 29.4 Å². The highest BCUT2D eigenvalue weighted by atomic mass is 19.4. The molecule has 0 spiro atoms. The number of rotatable bonds is 7. The quantitative estimate of drug-likeness (QED) is 0.434. The van der Waals surface area contributed by atoms with Crippen molar-refractivity contribution in [2.45, 2.75) is 37.8 Å². The number of aromatic nitrogens is 1. The van der Waals surface area contributed by atoms with E-state index in [0.717, 1.165) is 29.8 Å². The average Bonchev–Trinajstić information content (AvgIpc) is 3.36. The van der Waals surface area contributed by atoms with E-state index in [4.69, 9.17) is 0 Å². The van der Waals surface area contributed by atoms with Crippen LogP contribution in [-0.2, 0) is 24.1 Å². The van der Waals surface area contributed by atoms with Crippen molar-refractivity contribution in [3.05, 3.63) is 95.3 Å². The van der Waals surface area contributed by atoms with Gasteiger partial charge in [-0.25, -0.2) is 8.78 Å². The van der Waals surface area contributed by atoms with Crippen molar-refractivity contribution in [1.29, 1.82) is 0 Å². The van der Waals surface area contributed by atoms with Crippen molar-refractivity contribution >= 4 is 11.6 Å². The van der Waals surface area contributed by atoms with Gasteiger partial charge in [0.25, 0.3) is 0 Å². The highest BCUT2D eigenvalue weighted by Gasteiger charge is 2.39. The second kappa shape index (κ2) is 11.9. The Hall–Kier alpha value is -3.57. The normalized spacial score (nSPS) is 20.2. The molecule has 3 heterocycles. The molecule has 0 bridgehead atoms. The summed E-state index contributed by atoms with van der Waals surface area (Å²) in [5, 5.41) is 3.38. The van der Waals surface area contributed by atoms with Crippen LogP contribution >= 0.6 is 0 Å². The Balaban J connectivity index is 1.24. The largest absolute Gasteiger partial charge is 0.416 e. The van der Waals surface area contributed by atoms with Crippen LogP contribution in [0.2, 0.25) is 0 Å². The Morgan fingerprint density at radius 1 is 0.950 bits per heavy atom. The number of nitrogens with zero attached hydrogens (tertiary/aromatic N) is 4. The number of carbonyl (C=O) groups is 1. The molecule has 6 nitrogen and oxygen atoms in total. The van der Waals surface area contributed by atoms with Crippen LogP contribution in [0.15, 0.2) is 67.0 Å². The van der Waals surface area contributed by atoms with Gasteiger partial charge in [0, 0.05) is 69.9 Å². The van der Waals surface area contributed by atoms with Gasteiger partial charge < -0.3 is 15.1 Å². The van der Waals surface area contributed by atoms with Gasteiger partial charge in [-0.3, -0.25) is 14.7 Å². The monoisotopic (exact) mass is 559 g/mol. The van der Waals surface area contributed by atoms with E-state index >= 15 is 0 Å². The zero-order valence-electron chi connectivity index (χ0n) is 21.7. The van der Waals surface area contributed by atoms with Gasteiger partial charge in [0.1, 0.15) is 0 Å². The summed E-state index contributed by atoms with van der Waals surface area (Å²) >= 11 is 0. The lowest BCUT2D eigenvalue weighted by molar-refractivity contribution is -0.137. The summed E-state index contributed by atoms with van der Waals surface area (Å²) in [4.78, 5) is 23.6. The topological polar surface area (TPSA) is 51.7 Å². The fraction of sp³-hybridized carbons (Fsp3) is 0.379. The van der Waals surface area contributed by atoms with E-state index in [9.17, 15) is 26.7 Å². The predicted molar refractivity (Wildman–Crippen MR) is 140 cm³/mol. The smallest absolute Gasteiger partial charge is 0.368 e. The van der Waals surface area contributed by atoms with Crippen LogP contribution in [0.25, 0.3) is 0 Å². The van der Waals surface area contributed by atoms with Crippen molar-refractivity contribution in [3.8, 4) is 0 Å². The minimum absolute atomic E-state index is 0.0234. The third-order valence-electron chi connectivity index (χ3n) is 7.51. The van der Waals surface area contributed by atoms with Gasteiger partial charge in [-0.2, -0.15) is 13.2 Å². The molecular weight excluding hydrogens is 529 g/mol. The third kappa shape index (κ3) is 6.59. The maximum absolute atomic E-state index is 13.7. The molecule has 40 heavy (non-hydrogen) atoms. The number of alkyl halides is 3. The molecule has 2 saturated heterocycles. The Morgan fingerprint density at radius 2 is 1.75 bits per heavy atom. The predicted octanol–water partition coefficient (Wildman–Crippen LogP) is 4.46. The Labute approximate surface area is 229 Å². The molecule has 2 aliphatic rings. The van der Waals surface area contributed by atoms with E-state index in [2.05, 4.69) is 15.2 Å². The lowest BCUT2D eigenvalue weighted by atomic mass is 10.1. The maximum Gasteiger partial charge on any atom is 0.416 e. The number of benzene rings is 2. The molecule has 5 rings (SSSR count). The van der Waals surface area contributed by atoms with Crippen molar-refractivity contribution in [2.24, 2.45) is 0 Å². The SMILES string of the molecule is O=C([C@@H]1C[C@@H](NCc2ccc(F)c(F)c2)CN1Cc1cccnc1)N1CCN(c2cccc(C(F)(F)F)c2)CC1. The Bertz CT molecular complexity index is 1310. The lowest BCUT2D eigenvalue weighted by Crippen LogP contribution is -2.53.